The number of benzene rings is 2. The fourth-order valence-corrected chi connectivity index (χ4v) is 4.03. The zero-order chi connectivity index (χ0) is 26.9. The maximum absolute atomic E-state index is 13.2. The first-order valence-corrected chi connectivity index (χ1v) is 11.9. The molecule has 9 nitrogen and oxygen atoms in total. The van der Waals surface area contributed by atoms with E-state index in [-0.39, 0.29) is 28.6 Å². The number of methoxy groups -OCH3 is 2. The van der Waals surface area contributed by atoms with Gasteiger partial charge in [0.1, 0.15) is 23.1 Å². The molecule has 3 rings (SSSR count). The molecule has 37 heavy (non-hydrogen) atoms. The Hall–Kier alpha value is -3.82. The monoisotopic (exact) mass is 545 g/mol. The first-order chi connectivity index (χ1) is 17.8. The summed E-state index contributed by atoms with van der Waals surface area (Å²) in [7, 11) is 2.92. The number of hydrogen-bond acceptors (Lipinski definition) is 7. The number of nitrogens with zero attached hydrogens (tertiary/aromatic N) is 1. The molecule has 0 bridgehead atoms. The van der Waals surface area contributed by atoms with Crippen molar-refractivity contribution >= 4 is 52.4 Å². The molecular weight excluding hydrogens is 521 g/mol. The number of carbonyl (C=O) groups is 3. The first kappa shape index (κ1) is 27.8. The van der Waals surface area contributed by atoms with Crippen LogP contribution in [0.5, 0.6) is 11.5 Å². The minimum absolute atomic E-state index is 0.0539. The van der Waals surface area contributed by atoms with Gasteiger partial charge in [-0.1, -0.05) is 41.4 Å². The van der Waals surface area contributed by atoms with Gasteiger partial charge in [-0.3, -0.25) is 19.4 Å². The van der Waals surface area contributed by atoms with E-state index in [0.717, 1.165) is 0 Å². The minimum Gasteiger partial charge on any atom is -0.494 e. The smallest absolute Gasteiger partial charge is 0.318 e. The van der Waals surface area contributed by atoms with Crippen molar-refractivity contribution in [2.45, 2.75) is 13.3 Å². The summed E-state index contributed by atoms with van der Waals surface area (Å²) in [6, 6.07) is 11.7. The van der Waals surface area contributed by atoms with Crippen LogP contribution < -0.4 is 20.1 Å². The number of hydrogen-bond donors (Lipinski definition) is 2. The number of para-hydroxylation sites is 1. The molecule has 0 spiro atoms. The second-order valence-corrected chi connectivity index (χ2v) is 8.48. The average Bonchev–Trinajstić information content (AvgIpc) is 2.88. The van der Waals surface area contributed by atoms with Crippen LogP contribution in [0.15, 0.2) is 54.9 Å². The molecule has 0 fully saturated rings. The van der Waals surface area contributed by atoms with Gasteiger partial charge in [0.05, 0.1) is 36.4 Å². The zero-order valence-electron chi connectivity index (χ0n) is 20.3. The number of aromatic nitrogens is 1. The fourth-order valence-electron chi connectivity index (χ4n) is 3.49. The highest BCUT2D eigenvalue weighted by atomic mass is 35.5. The van der Waals surface area contributed by atoms with E-state index < -0.39 is 23.7 Å². The number of esters is 1. The minimum atomic E-state index is -1.15. The number of nitrogens with one attached hydrogen (secondary N) is 2. The average molecular weight is 546 g/mol. The Bertz CT molecular complexity index is 1240. The van der Waals surface area contributed by atoms with Gasteiger partial charge in [-0.15, -0.1) is 0 Å². The van der Waals surface area contributed by atoms with Crippen LogP contribution in [-0.2, 0) is 20.7 Å². The highest BCUT2D eigenvalue weighted by Crippen LogP contribution is 2.34. The Labute approximate surface area is 224 Å². The standard InChI is InChI=1S/C26H25Cl2N3O6/c1-4-37-26(34)17(24(32)31-23-20(35-2)6-5-7-21(23)36-3)12-15-8-10-16(11-9-15)30-25(33)22-18(27)13-29-14-19(22)28/h5-11,13-14,17H,4,12H2,1-3H3,(H,30,33)(H,31,32). The van der Waals surface area contributed by atoms with Gasteiger partial charge in [0.15, 0.2) is 0 Å². The number of anilines is 2. The quantitative estimate of drug-likeness (QED) is 0.271. The van der Waals surface area contributed by atoms with Crippen molar-refractivity contribution in [2.75, 3.05) is 31.5 Å². The first-order valence-electron chi connectivity index (χ1n) is 11.2. The van der Waals surface area contributed by atoms with E-state index in [2.05, 4.69) is 15.6 Å². The van der Waals surface area contributed by atoms with Gasteiger partial charge in [0.2, 0.25) is 5.91 Å². The van der Waals surface area contributed by atoms with Crippen LogP contribution in [0.4, 0.5) is 11.4 Å². The van der Waals surface area contributed by atoms with E-state index in [0.29, 0.717) is 28.4 Å². The van der Waals surface area contributed by atoms with Crippen molar-refractivity contribution in [3.63, 3.8) is 0 Å². The van der Waals surface area contributed by atoms with Crippen LogP contribution >= 0.6 is 23.2 Å². The fraction of sp³-hybridized carbons (Fsp3) is 0.231. The topological polar surface area (TPSA) is 116 Å². The van der Waals surface area contributed by atoms with Crippen LogP contribution in [0, 0.1) is 5.92 Å². The summed E-state index contributed by atoms with van der Waals surface area (Å²) in [5, 5.41) is 5.68. The number of halogens is 2. The lowest BCUT2D eigenvalue weighted by molar-refractivity contribution is -0.150. The Kier molecular flexibility index (Phi) is 9.71. The predicted molar refractivity (Wildman–Crippen MR) is 141 cm³/mol. The van der Waals surface area contributed by atoms with Gasteiger partial charge in [-0.25, -0.2) is 0 Å². The maximum Gasteiger partial charge on any atom is 0.318 e. The molecule has 194 valence electrons. The molecule has 0 aliphatic rings. The van der Waals surface area contributed by atoms with Gasteiger partial charge in [-0.05, 0) is 43.2 Å². The summed E-state index contributed by atoms with van der Waals surface area (Å²) in [5.41, 5.74) is 1.54. The zero-order valence-corrected chi connectivity index (χ0v) is 21.9. The third-order valence-corrected chi connectivity index (χ3v) is 5.87. The van der Waals surface area contributed by atoms with Crippen molar-refractivity contribution in [3.05, 3.63) is 76.0 Å². The highest BCUT2D eigenvalue weighted by molar-refractivity contribution is 6.40. The molecule has 1 atom stereocenters. The van der Waals surface area contributed by atoms with Gasteiger partial charge in [0.25, 0.3) is 5.91 Å². The molecular formula is C26H25Cl2N3O6. The molecule has 2 amide bonds. The molecule has 11 heteroatoms. The third-order valence-electron chi connectivity index (χ3n) is 5.30. The van der Waals surface area contributed by atoms with Crippen LogP contribution in [0.25, 0.3) is 0 Å². The molecule has 1 heterocycles. The number of carbonyl (C=O) groups excluding carboxylic acids is 3. The summed E-state index contributed by atoms with van der Waals surface area (Å²) in [4.78, 5) is 42.3. The van der Waals surface area contributed by atoms with E-state index in [1.165, 1.54) is 26.6 Å². The lowest BCUT2D eigenvalue weighted by Gasteiger charge is -2.18. The van der Waals surface area contributed by atoms with Crippen LogP contribution in [0.1, 0.15) is 22.8 Å². The number of ether oxygens (including phenoxy) is 3. The van der Waals surface area contributed by atoms with Gasteiger partial charge in [0, 0.05) is 18.1 Å². The van der Waals surface area contributed by atoms with Crippen molar-refractivity contribution in [1.82, 2.24) is 4.98 Å². The molecule has 0 saturated carbocycles. The molecule has 0 aliphatic carbocycles. The van der Waals surface area contributed by atoms with Crippen molar-refractivity contribution in [1.29, 1.82) is 0 Å². The van der Waals surface area contributed by atoms with Crippen LogP contribution in [0.2, 0.25) is 10.0 Å². The van der Waals surface area contributed by atoms with E-state index >= 15 is 0 Å². The molecule has 0 aliphatic heterocycles. The lowest BCUT2D eigenvalue weighted by Crippen LogP contribution is -2.33. The SMILES string of the molecule is CCOC(=O)C(Cc1ccc(NC(=O)c2c(Cl)cncc2Cl)cc1)C(=O)Nc1c(OC)cccc1OC. The molecule has 1 unspecified atom stereocenters. The Balaban J connectivity index is 1.78. The van der Waals surface area contributed by atoms with Crippen molar-refractivity contribution < 1.29 is 28.6 Å². The van der Waals surface area contributed by atoms with Crippen molar-refractivity contribution in [3.8, 4) is 11.5 Å². The van der Waals surface area contributed by atoms with E-state index in [1.807, 2.05) is 0 Å². The van der Waals surface area contributed by atoms with E-state index in [4.69, 9.17) is 37.4 Å². The molecule has 2 N–H and O–H groups in total. The van der Waals surface area contributed by atoms with Gasteiger partial charge >= 0.3 is 5.97 Å². The third kappa shape index (κ3) is 6.90. The van der Waals surface area contributed by atoms with Gasteiger partial charge < -0.3 is 24.8 Å². The Morgan fingerprint density at radius 3 is 2.05 bits per heavy atom. The summed E-state index contributed by atoms with van der Waals surface area (Å²) >= 11 is 12.1. The second-order valence-electron chi connectivity index (χ2n) is 7.66. The lowest BCUT2D eigenvalue weighted by atomic mass is 9.98. The summed E-state index contributed by atoms with van der Waals surface area (Å²) in [6.45, 7) is 1.78. The molecule has 1 aromatic heterocycles. The summed E-state index contributed by atoms with van der Waals surface area (Å²) < 4.78 is 15.8. The normalized spacial score (nSPS) is 11.3. The molecule has 2 aromatic carbocycles. The number of pyridine rings is 1. The van der Waals surface area contributed by atoms with Gasteiger partial charge in [-0.2, -0.15) is 0 Å². The predicted octanol–water partition coefficient (Wildman–Crippen LogP) is 5.02. The number of rotatable bonds is 10. The number of amides is 2. The largest absolute Gasteiger partial charge is 0.494 e. The Morgan fingerprint density at radius 2 is 1.51 bits per heavy atom. The van der Waals surface area contributed by atoms with Crippen molar-refractivity contribution in [2.24, 2.45) is 5.92 Å². The Morgan fingerprint density at radius 1 is 0.919 bits per heavy atom. The highest BCUT2D eigenvalue weighted by Gasteiger charge is 2.30. The van der Waals surface area contributed by atoms with E-state index in [1.54, 1.807) is 49.4 Å². The van der Waals surface area contributed by atoms with Crippen LogP contribution in [-0.4, -0.2) is 43.6 Å². The summed E-state index contributed by atoms with van der Waals surface area (Å²) in [5.74, 6) is -2.15. The van der Waals surface area contributed by atoms with Crippen LogP contribution in [0.3, 0.4) is 0 Å². The maximum atomic E-state index is 13.2. The second kappa shape index (κ2) is 12.9. The molecule has 3 aromatic rings. The summed E-state index contributed by atoms with van der Waals surface area (Å²) in [6.07, 6.45) is 2.71. The van der Waals surface area contributed by atoms with E-state index in [9.17, 15) is 14.4 Å². The molecule has 0 radical (unpaired) electrons. The molecule has 0 saturated heterocycles.